The summed E-state index contributed by atoms with van der Waals surface area (Å²) in [6.07, 6.45) is 1.59. The molecule has 3 rings (SSSR count). The highest BCUT2D eigenvalue weighted by molar-refractivity contribution is 7.92. The third-order valence-electron chi connectivity index (χ3n) is 6.92. The molecule has 2 atom stereocenters. The number of carbonyl (C=O) groups is 2. The molecule has 0 aromatic heterocycles. The van der Waals surface area contributed by atoms with Crippen molar-refractivity contribution in [3.05, 3.63) is 105 Å². The second kappa shape index (κ2) is 14.0. The van der Waals surface area contributed by atoms with Gasteiger partial charge in [-0.2, -0.15) is 0 Å². The third-order valence-corrected chi connectivity index (χ3v) is 8.05. The van der Waals surface area contributed by atoms with Gasteiger partial charge in [0.25, 0.3) is 5.69 Å². The fourth-order valence-corrected chi connectivity index (χ4v) is 5.28. The molecule has 0 aliphatic carbocycles. The van der Waals surface area contributed by atoms with Crippen LogP contribution in [0.5, 0.6) is 0 Å². The van der Waals surface area contributed by atoms with Crippen LogP contribution in [0.3, 0.4) is 0 Å². The first-order chi connectivity index (χ1) is 19.8. The lowest BCUT2D eigenvalue weighted by atomic mass is 10.0. The number of nitro benzene ring substituents is 1. The van der Waals surface area contributed by atoms with E-state index in [0.29, 0.717) is 12.0 Å². The summed E-state index contributed by atoms with van der Waals surface area (Å²) in [4.78, 5) is 39.7. The Balaban J connectivity index is 2.12. The lowest BCUT2D eigenvalue weighted by molar-refractivity contribution is -0.384. The number of hydrogen-bond acceptors (Lipinski definition) is 6. The number of hydrogen-bond donors (Lipinski definition) is 1. The number of nitrogens with zero attached hydrogens (tertiary/aromatic N) is 3. The molecular weight excluding hydrogens is 563 g/mol. The molecule has 0 aliphatic heterocycles. The second-order valence-electron chi connectivity index (χ2n) is 10.1. The molecule has 0 saturated carbocycles. The monoisotopic (exact) mass is 598 g/mol. The minimum absolute atomic E-state index is 0.0467. The van der Waals surface area contributed by atoms with Crippen LogP contribution < -0.4 is 9.62 Å². The van der Waals surface area contributed by atoms with Crippen LogP contribution in [0.4, 0.5) is 15.8 Å². The predicted octanol–water partition coefficient (Wildman–Crippen LogP) is 4.36. The Bertz CT molecular complexity index is 1530. The van der Waals surface area contributed by atoms with Crippen LogP contribution in [0.25, 0.3) is 0 Å². The van der Waals surface area contributed by atoms with Gasteiger partial charge in [-0.3, -0.25) is 24.0 Å². The van der Waals surface area contributed by atoms with Crippen molar-refractivity contribution in [2.24, 2.45) is 0 Å². The van der Waals surface area contributed by atoms with Gasteiger partial charge in [0.1, 0.15) is 18.4 Å². The zero-order chi connectivity index (χ0) is 31.0. The number of nitro groups is 1. The van der Waals surface area contributed by atoms with E-state index in [4.69, 9.17) is 0 Å². The van der Waals surface area contributed by atoms with Crippen molar-refractivity contribution < 1.29 is 27.3 Å². The van der Waals surface area contributed by atoms with Crippen LogP contribution in [0.1, 0.15) is 37.0 Å². The summed E-state index contributed by atoms with van der Waals surface area (Å²) in [5.74, 6) is -1.85. The molecule has 3 aromatic carbocycles. The molecule has 10 nitrogen and oxygen atoms in total. The van der Waals surface area contributed by atoms with Crippen LogP contribution in [-0.2, 0) is 32.6 Å². The average Bonchev–Trinajstić information content (AvgIpc) is 2.94. The Morgan fingerprint density at radius 1 is 1.05 bits per heavy atom. The number of non-ortho nitro benzene ring substituents is 1. The zero-order valence-corrected chi connectivity index (χ0v) is 24.8. The first-order valence-corrected chi connectivity index (χ1v) is 15.3. The van der Waals surface area contributed by atoms with Crippen molar-refractivity contribution in [1.29, 1.82) is 0 Å². The summed E-state index contributed by atoms with van der Waals surface area (Å²) in [6.45, 7) is 4.19. The normalized spacial score (nSPS) is 12.7. The molecule has 2 amide bonds. The SMILES string of the molecule is CC[C@@H](C)NC(=O)[C@H](Cc1ccccc1)N(Cc1ccccc1F)C(=O)CN(c1cc([N+](=O)[O-])ccc1C)S(C)(=O)=O. The van der Waals surface area contributed by atoms with Crippen LogP contribution >= 0.6 is 0 Å². The van der Waals surface area contributed by atoms with E-state index < -0.39 is 45.2 Å². The molecule has 42 heavy (non-hydrogen) atoms. The molecular formula is C30H35FN4O6S. The highest BCUT2D eigenvalue weighted by atomic mass is 32.2. The first kappa shape index (κ1) is 32.2. The van der Waals surface area contributed by atoms with Gasteiger partial charge in [-0.15, -0.1) is 0 Å². The largest absolute Gasteiger partial charge is 0.352 e. The molecule has 0 spiro atoms. The highest BCUT2D eigenvalue weighted by Gasteiger charge is 2.34. The van der Waals surface area contributed by atoms with Gasteiger partial charge in [0.2, 0.25) is 21.8 Å². The Labute approximate surface area is 245 Å². The molecule has 3 aromatic rings. The quantitative estimate of drug-likeness (QED) is 0.230. The van der Waals surface area contributed by atoms with Crippen LogP contribution in [0.15, 0.2) is 72.8 Å². The van der Waals surface area contributed by atoms with Crippen molar-refractivity contribution in [3.63, 3.8) is 0 Å². The van der Waals surface area contributed by atoms with Crippen molar-refractivity contribution in [1.82, 2.24) is 10.2 Å². The lowest BCUT2D eigenvalue weighted by Crippen LogP contribution is -2.54. The Morgan fingerprint density at radius 2 is 1.69 bits per heavy atom. The van der Waals surface area contributed by atoms with E-state index in [9.17, 15) is 32.5 Å². The van der Waals surface area contributed by atoms with Crippen molar-refractivity contribution in [3.8, 4) is 0 Å². The predicted molar refractivity (Wildman–Crippen MR) is 159 cm³/mol. The van der Waals surface area contributed by atoms with Gasteiger partial charge >= 0.3 is 0 Å². The van der Waals surface area contributed by atoms with Gasteiger partial charge in [0.05, 0.1) is 16.9 Å². The van der Waals surface area contributed by atoms with E-state index in [1.807, 2.05) is 19.9 Å². The molecule has 0 heterocycles. The molecule has 0 saturated heterocycles. The molecule has 0 aliphatic rings. The smallest absolute Gasteiger partial charge is 0.271 e. The number of rotatable bonds is 13. The maximum absolute atomic E-state index is 14.9. The van der Waals surface area contributed by atoms with Gasteiger partial charge in [-0.1, -0.05) is 61.5 Å². The molecule has 0 radical (unpaired) electrons. The van der Waals surface area contributed by atoms with Crippen LogP contribution in [-0.4, -0.2) is 54.9 Å². The van der Waals surface area contributed by atoms with Crippen LogP contribution in [0.2, 0.25) is 0 Å². The fraction of sp³-hybridized carbons (Fsp3) is 0.333. The molecule has 224 valence electrons. The average molecular weight is 599 g/mol. The van der Waals surface area contributed by atoms with E-state index in [-0.39, 0.29) is 35.9 Å². The first-order valence-electron chi connectivity index (χ1n) is 13.4. The number of carbonyl (C=O) groups excluding carboxylic acids is 2. The fourth-order valence-electron chi connectivity index (χ4n) is 4.38. The maximum atomic E-state index is 14.9. The summed E-state index contributed by atoms with van der Waals surface area (Å²) in [5, 5.41) is 14.3. The number of nitrogens with one attached hydrogen (secondary N) is 1. The summed E-state index contributed by atoms with van der Waals surface area (Å²) >= 11 is 0. The summed E-state index contributed by atoms with van der Waals surface area (Å²) in [5.41, 5.74) is 0.861. The van der Waals surface area contributed by atoms with Gasteiger partial charge in [-0.25, -0.2) is 12.8 Å². The van der Waals surface area contributed by atoms with E-state index in [1.54, 1.807) is 37.3 Å². The standard InChI is InChI=1S/C30H35FN4O6S/c1-5-22(3)32-30(37)28(17-23-11-7-6-8-12-23)33(19-24-13-9-10-14-26(24)31)29(36)20-34(42(4,40)41)27-18-25(35(38)39)16-15-21(27)2/h6-16,18,22,28H,5,17,19-20H2,1-4H3,(H,32,37)/t22-,28+/m1/s1. The number of sulfonamides is 1. The topological polar surface area (TPSA) is 130 Å². The summed E-state index contributed by atoms with van der Waals surface area (Å²) in [6, 6.07) is 17.2. The van der Waals surface area contributed by atoms with Gasteiger partial charge in [-0.05, 0) is 37.5 Å². The van der Waals surface area contributed by atoms with E-state index in [0.717, 1.165) is 22.2 Å². The van der Waals surface area contributed by atoms with Crippen LogP contribution in [0, 0.1) is 22.9 Å². The molecule has 12 heteroatoms. The molecule has 1 N–H and O–H groups in total. The molecule has 0 unspecified atom stereocenters. The third kappa shape index (κ3) is 8.35. The van der Waals surface area contributed by atoms with E-state index in [1.165, 1.54) is 35.2 Å². The number of aryl methyl sites for hydroxylation is 1. The maximum Gasteiger partial charge on any atom is 0.271 e. The number of halogens is 1. The minimum Gasteiger partial charge on any atom is -0.352 e. The van der Waals surface area contributed by atoms with Gasteiger partial charge in [0, 0.05) is 36.7 Å². The van der Waals surface area contributed by atoms with E-state index in [2.05, 4.69) is 5.32 Å². The number of benzene rings is 3. The second-order valence-corrected chi connectivity index (χ2v) is 12.0. The van der Waals surface area contributed by atoms with Gasteiger partial charge in [0.15, 0.2) is 0 Å². The Morgan fingerprint density at radius 3 is 2.29 bits per heavy atom. The zero-order valence-electron chi connectivity index (χ0n) is 24.0. The lowest BCUT2D eigenvalue weighted by Gasteiger charge is -2.34. The van der Waals surface area contributed by atoms with E-state index >= 15 is 0 Å². The van der Waals surface area contributed by atoms with Gasteiger partial charge < -0.3 is 10.2 Å². The number of anilines is 1. The summed E-state index contributed by atoms with van der Waals surface area (Å²) in [7, 11) is -4.13. The summed E-state index contributed by atoms with van der Waals surface area (Å²) < 4.78 is 41.5. The minimum atomic E-state index is -4.13. The highest BCUT2D eigenvalue weighted by Crippen LogP contribution is 2.28. The Kier molecular flexibility index (Phi) is 10.8. The molecule has 0 bridgehead atoms. The van der Waals surface area contributed by atoms with Crippen molar-refractivity contribution >= 4 is 33.2 Å². The Hall–Kier alpha value is -4.32. The van der Waals surface area contributed by atoms with Crippen molar-refractivity contribution in [2.45, 2.75) is 52.2 Å². The molecule has 0 fully saturated rings. The van der Waals surface area contributed by atoms with Crippen molar-refractivity contribution in [2.75, 3.05) is 17.1 Å². The number of amides is 2.